The summed E-state index contributed by atoms with van der Waals surface area (Å²) in [7, 11) is 0. The third-order valence-electron chi connectivity index (χ3n) is 5.93. The van der Waals surface area contributed by atoms with E-state index >= 15 is 0 Å². The fourth-order valence-electron chi connectivity index (χ4n) is 4.45. The maximum absolute atomic E-state index is 12.1. The van der Waals surface area contributed by atoms with Crippen LogP contribution in [0.15, 0.2) is 23.1 Å². The number of carbonyl (C=O) groups excluding carboxylic acids is 2. The summed E-state index contributed by atoms with van der Waals surface area (Å²) in [5.41, 5.74) is 8.13. The molecule has 3 fully saturated rings. The number of piperidine rings is 1. The molecule has 0 unspecified atom stereocenters. The minimum absolute atomic E-state index is 0. The molecule has 3 aliphatic rings. The van der Waals surface area contributed by atoms with E-state index in [-0.39, 0.29) is 29.6 Å². The van der Waals surface area contributed by atoms with Crippen LogP contribution in [-0.2, 0) is 4.79 Å². The fourth-order valence-corrected chi connectivity index (χ4v) is 5.12. The summed E-state index contributed by atoms with van der Waals surface area (Å²) in [6.07, 6.45) is 10.2. The van der Waals surface area contributed by atoms with Crippen molar-refractivity contribution in [2.24, 2.45) is 11.7 Å². The number of benzene rings is 1. The molecular weight excluding hydrogens is 422 g/mol. The van der Waals surface area contributed by atoms with E-state index in [9.17, 15) is 9.59 Å². The van der Waals surface area contributed by atoms with Crippen molar-refractivity contribution in [2.75, 3.05) is 24.6 Å². The van der Waals surface area contributed by atoms with Crippen LogP contribution >= 0.6 is 24.2 Å². The zero-order valence-electron chi connectivity index (χ0n) is 17.1. The van der Waals surface area contributed by atoms with Crippen LogP contribution in [0.1, 0.15) is 50.5 Å². The van der Waals surface area contributed by atoms with Crippen LogP contribution < -0.4 is 20.7 Å². The summed E-state index contributed by atoms with van der Waals surface area (Å²) in [5.74, 6) is 1.11. The van der Waals surface area contributed by atoms with Crippen molar-refractivity contribution in [3.8, 4) is 5.75 Å². The number of hydrogen-bond acceptors (Lipinski definition) is 6. The largest absolute Gasteiger partial charge is 0.491 e. The molecule has 1 aliphatic carbocycles. The minimum Gasteiger partial charge on any atom is -0.491 e. The zero-order chi connectivity index (χ0) is 20.2. The summed E-state index contributed by atoms with van der Waals surface area (Å²) in [6.45, 7) is 2.39. The smallest absolute Gasteiger partial charge is 0.290 e. The summed E-state index contributed by atoms with van der Waals surface area (Å²) < 4.78 is 6.33. The summed E-state index contributed by atoms with van der Waals surface area (Å²) in [4.78, 5) is 26.3. The first-order valence-corrected chi connectivity index (χ1v) is 11.4. The number of anilines is 1. The number of rotatable bonds is 5. The topological polar surface area (TPSA) is 84.7 Å². The van der Waals surface area contributed by atoms with E-state index in [4.69, 9.17) is 10.5 Å². The number of nitrogens with zero attached hydrogens (tertiary/aromatic N) is 1. The van der Waals surface area contributed by atoms with E-state index in [0.29, 0.717) is 10.8 Å². The minimum atomic E-state index is -0.338. The molecule has 0 radical (unpaired) electrons. The second-order valence-corrected chi connectivity index (χ2v) is 9.22. The molecule has 2 aliphatic heterocycles. The molecule has 0 aromatic heterocycles. The van der Waals surface area contributed by atoms with Crippen molar-refractivity contribution in [1.82, 2.24) is 5.32 Å². The Bertz CT molecular complexity index is 811. The molecule has 2 heterocycles. The predicted octanol–water partition coefficient (Wildman–Crippen LogP) is 4.32. The number of nitrogens with two attached hydrogens (primary N) is 1. The van der Waals surface area contributed by atoms with Crippen LogP contribution in [0.4, 0.5) is 10.5 Å². The van der Waals surface area contributed by atoms with E-state index in [2.05, 4.69) is 10.2 Å². The van der Waals surface area contributed by atoms with E-state index in [1.54, 1.807) is 6.08 Å². The van der Waals surface area contributed by atoms with Gasteiger partial charge < -0.3 is 15.4 Å². The van der Waals surface area contributed by atoms with Crippen molar-refractivity contribution in [3.63, 3.8) is 0 Å². The molecule has 1 saturated carbocycles. The lowest BCUT2D eigenvalue weighted by Gasteiger charge is -2.35. The Balaban J connectivity index is 0.00000256. The predicted molar refractivity (Wildman–Crippen MR) is 124 cm³/mol. The first kappa shape index (κ1) is 23.0. The van der Waals surface area contributed by atoms with Gasteiger partial charge >= 0.3 is 0 Å². The quantitative estimate of drug-likeness (QED) is 0.648. The Morgan fingerprint density at radius 3 is 2.67 bits per heavy atom. The number of ether oxygens (including phenoxy) is 1. The molecule has 30 heavy (non-hydrogen) atoms. The van der Waals surface area contributed by atoms with Gasteiger partial charge in [0.1, 0.15) is 5.75 Å². The van der Waals surface area contributed by atoms with Crippen LogP contribution in [0.3, 0.4) is 0 Å². The zero-order valence-corrected chi connectivity index (χ0v) is 18.7. The average Bonchev–Trinajstić information content (AvgIpc) is 3.04. The van der Waals surface area contributed by atoms with Gasteiger partial charge in [0.2, 0.25) is 0 Å². The van der Waals surface area contributed by atoms with Crippen molar-refractivity contribution < 1.29 is 14.3 Å². The van der Waals surface area contributed by atoms with Gasteiger partial charge in [0.15, 0.2) is 0 Å². The van der Waals surface area contributed by atoms with Crippen LogP contribution in [0, 0.1) is 5.92 Å². The molecule has 0 spiro atoms. The van der Waals surface area contributed by atoms with Crippen molar-refractivity contribution in [3.05, 3.63) is 28.7 Å². The van der Waals surface area contributed by atoms with Gasteiger partial charge in [-0.25, -0.2) is 0 Å². The lowest BCUT2D eigenvalue weighted by Crippen LogP contribution is -2.43. The summed E-state index contributed by atoms with van der Waals surface area (Å²) in [5, 5.41) is 2.00. The van der Waals surface area contributed by atoms with Gasteiger partial charge in [0, 0.05) is 24.7 Å². The second-order valence-electron chi connectivity index (χ2n) is 8.21. The van der Waals surface area contributed by atoms with Gasteiger partial charge in [-0.15, -0.1) is 12.4 Å². The van der Waals surface area contributed by atoms with Gasteiger partial charge in [0.25, 0.3) is 11.1 Å². The summed E-state index contributed by atoms with van der Waals surface area (Å²) in [6, 6.07) is 6.07. The maximum atomic E-state index is 12.1. The number of para-hydroxylation sites is 1. The lowest BCUT2D eigenvalue weighted by molar-refractivity contribution is -0.115. The number of thioether (sulfide) groups is 1. The van der Waals surface area contributed by atoms with Crippen molar-refractivity contribution in [1.29, 1.82) is 0 Å². The summed E-state index contributed by atoms with van der Waals surface area (Å²) >= 11 is 0.944. The lowest BCUT2D eigenvalue weighted by atomic mass is 9.90. The molecule has 3 N–H and O–H groups in total. The third kappa shape index (κ3) is 5.50. The van der Waals surface area contributed by atoms with Crippen LogP contribution in [-0.4, -0.2) is 36.9 Å². The Kier molecular flexibility index (Phi) is 8.08. The first-order valence-electron chi connectivity index (χ1n) is 10.6. The number of imide groups is 1. The van der Waals surface area contributed by atoms with Crippen molar-refractivity contribution >= 4 is 47.1 Å². The molecule has 8 heteroatoms. The molecule has 4 rings (SSSR count). The molecule has 2 amide bonds. The third-order valence-corrected chi connectivity index (χ3v) is 6.74. The van der Waals surface area contributed by atoms with Gasteiger partial charge in [-0.05, 0) is 55.5 Å². The molecular formula is C22H30ClN3O3S. The molecule has 164 valence electrons. The molecule has 0 bridgehead atoms. The number of amides is 2. The Morgan fingerprint density at radius 2 is 1.97 bits per heavy atom. The highest BCUT2D eigenvalue weighted by Crippen LogP contribution is 2.38. The first-order chi connectivity index (χ1) is 14.1. The number of nitrogens with one attached hydrogen (secondary N) is 1. The standard InChI is InChI=1S/C22H29N3O3S.ClH/c23-17-9-5-11-25(13-17)20-16(12-19-21(26)24-22(27)29-19)8-4-10-18(20)28-14-15-6-2-1-3-7-15;/h4,8,10,12,15,17H,1-3,5-7,9,11,13-14,23H2,(H,24,26,27);1H/t17-;/m1./s1. The van der Waals surface area contributed by atoms with Gasteiger partial charge in [-0.1, -0.05) is 31.4 Å². The van der Waals surface area contributed by atoms with Crippen LogP contribution in [0.2, 0.25) is 0 Å². The number of halogens is 1. The molecule has 6 nitrogen and oxygen atoms in total. The normalized spacial score (nSPS) is 24.0. The van der Waals surface area contributed by atoms with Crippen LogP contribution in [0.5, 0.6) is 5.75 Å². The van der Waals surface area contributed by atoms with E-state index in [1.165, 1.54) is 32.1 Å². The molecule has 1 aromatic rings. The Labute approximate surface area is 188 Å². The molecule has 1 aromatic carbocycles. The van der Waals surface area contributed by atoms with E-state index in [1.807, 2.05) is 18.2 Å². The van der Waals surface area contributed by atoms with Gasteiger partial charge in [0.05, 0.1) is 17.2 Å². The number of hydrogen-bond donors (Lipinski definition) is 2. The van der Waals surface area contributed by atoms with E-state index in [0.717, 1.165) is 61.3 Å². The SMILES string of the molecule is Cl.N[C@@H]1CCCN(c2c(C=C3SC(=O)NC3=O)cccc2OCC2CCCCC2)C1. The van der Waals surface area contributed by atoms with E-state index < -0.39 is 0 Å². The van der Waals surface area contributed by atoms with Gasteiger partial charge in [-0.2, -0.15) is 0 Å². The van der Waals surface area contributed by atoms with Crippen molar-refractivity contribution in [2.45, 2.75) is 51.0 Å². The maximum Gasteiger partial charge on any atom is 0.290 e. The number of carbonyl (C=O) groups is 2. The average molecular weight is 452 g/mol. The monoisotopic (exact) mass is 451 g/mol. The molecule has 1 atom stereocenters. The highest BCUT2D eigenvalue weighted by molar-refractivity contribution is 8.18. The molecule has 2 saturated heterocycles. The highest BCUT2D eigenvalue weighted by atomic mass is 35.5. The fraction of sp³-hybridized carbons (Fsp3) is 0.545. The van der Waals surface area contributed by atoms with Crippen LogP contribution in [0.25, 0.3) is 6.08 Å². The second kappa shape index (κ2) is 10.6. The van der Waals surface area contributed by atoms with Gasteiger partial charge in [-0.3, -0.25) is 14.9 Å². The Hall–Kier alpha value is -1.70. The Morgan fingerprint density at radius 1 is 1.17 bits per heavy atom. The highest BCUT2D eigenvalue weighted by Gasteiger charge is 2.27.